The Morgan fingerprint density at radius 1 is 1.12 bits per heavy atom. The minimum Gasteiger partial charge on any atom is -0.493 e. The van der Waals surface area contributed by atoms with Gasteiger partial charge in [-0.25, -0.2) is 4.99 Å². The predicted molar refractivity (Wildman–Crippen MR) is 163 cm³/mol. The van der Waals surface area contributed by atoms with Gasteiger partial charge < -0.3 is 29.5 Å². The number of allylic oxidation sites excluding steroid dienone is 2. The molecule has 1 saturated heterocycles. The normalized spacial score (nSPS) is 16.8. The van der Waals surface area contributed by atoms with Gasteiger partial charge in [-0.2, -0.15) is 0 Å². The zero-order valence-electron chi connectivity index (χ0n) is 24.4. The number of hydrogen-bond acceptors (Lipinski definition) is 6. The first-order valence-electron chi connectivity index (χ1n) is 14.2. The number of ether oxygens (including phenoxy) is 2. The first-order valence-corrected chi connectivity index (χ1v) is 14.2. The van der Waals surface area contributed by atoms with Gasteiger partial charge in [0.1, 0.15) is 0 Å². The SMILES string of the molecule is C=C/C=C\N=C(/C)NCCC[C@H](c1ccc(OC)c(OC)c1)N1Cc2c(cccc2N2CCN(CC)CC2)C1=O. The fourth-order valence-electron chi connectivity index (χ4n) is 5.58. The van der Waals surface area contributed by atoms with Crippen LogP contribution in [0.5, 0.6) is 11.5 Å². The van der Waals surface area contributed by atoms with Crippen molar-refractivity contribution in [3.8, 4) is 11.5 Å². The van der Waals surface area contributed by atoms with E-state index in [4.69, 9.17) is 9.47 Å². The Morgan fingerprint density at radius 2 is 1.90 bits per heavy atom. The van der Waals surface area contributed by atoms with E-state index in [-0.39, 0.29) is 11.9 Å². The number of carbonyl (C=O) groups is 1. The van der Waals surface area contributed by atoms with E-state index < -0.39 is 0 Å². The number of methoxy groups -OCH3 is 2. The Morgan fingerprint density at radius 3 is 2.60 bits per heavy atom. The van der Waals surface area contributed by atoms with Gasteiger partial charge in [0, 0.05) is 62.3 Å². The Labute approximate surface area is 239 Å². The number of aliphatic imine (C=N–C) groups is 1. The number of benzene rings is 2. The standard InChI is InChI=1S/C32H43N5O3/c1-6-8-16-33-24(3)34-17-10-13-28(25-14-15-30(39-4)31(22-25)40-5)37-23-27-26(32(37)38)11-9-12-29(27)36-20-18-35(7-2)19-21-36/h6,8-9,11-12,14-16,22,28H,1,7,10,13,17-21,23H2,2-5H3,(H,33,34)/b16-8-/t28-/m1/s1. The molecule has 0 aliphatic carbocycles. The molecule has 0 radical (unpaired) electrons. The molecule has 0 saturated carbocycles. The number of amides is 1. The van der Waals surface area contributed by atoms with Gasteiger partial charge >= 0.3 is 0 Å². The number of fused-ring (bicyclic) bond motifs is 1. The Hall–Kier alpha value is -3.78. The molecule has 0 spiro atoms. The van der Waals surface area contributed by atoms with Crippen molar-refractivity contribution in [2.75, 3.05) is 58.4 Å². The van der Waals surface area contributed by atoms with Crippen LogP contribution in [0.3, 0.4) is 0 Å². The summed E-state index contributed by atoms with van der Waals surface area (Å²) in [5.74, 6) is 2.27. The van der Waals surface area contributed by atoms with Crippen LogP contribution in [0, 0.1) is 0 Å². The first-order chi connectivity index (χ1) is 19.5. The third kappa shape index (κ3) is 6.67. The smallest absolute Gasteiger partial charge is 0.255 e. The van der Waals surface area contributed by atoms with Crippen LogP contribution in [0.25, 0.3) is 0 Å². The van der Waals surface area contributed by atoms with Crippen molar-refractivity contribution < 1.29 is 14.3 Å². The van der Waals surface area contributed by atoms with E-state index in [2.05, 4.69) is 39.7 Å². The fourth-order valence-corrected chi connectivity index (χ4v) is 5.58. The minimum absolute atomic E-state index is 0.0871. The second-order valence-electron chi connectivity index (χ2n) is 10.1. The molecule has 2 heterocycles. The lowest BCUT2D eigenvalue weighted by Gasteiger charge is -2.36. The molecule has 214 valence electrons. The van der Waals surface area contributed by atoms with Crippen molar-refractivity contribution in [2.45, 2.75) is 39.3 Å². The highest BCUT2D eigenvalue weighted by atomic mass is 16.5. The van der Waals surface area contributed by atoms with Crippen molar-refractivity contribution in [1.29, 1.82) is 0 Å². The van der Waals surface area contributed by atoms with Gasteiger partial charge in [0.25, 0.3) is 5.91 Å². The second kappa shape index (κ2) is 14.0. The molecule has 8 heteroatoms. The van der Waals surface area contributed by atoms with E-state index in [1.807, 2.05) is 42.2 Å². The van der Waals surface area contributed by atoms with Gasteiger partial charge in [-0.1, -0.05) is 31.7 Å². The largest absolute Gasteiger partial charge is 0.493 e. The average molecular weight is 546 g/mol. The van der Waals surface area contributed by atoms with Gasteiger partial charge in [0.2, 0.25) is 0 Å². The van der Waals surface area contributed by atoms with Crippen LogP contribution in [-0.2, 0) is 6.54 Å². The van der Waals surface area contributed by atoms with Crippen molar-refractivity contribution in [3.05, 3.63) is 78.0 Å². The molecule has 2 aliphatic rings. The molecular formula is C32H43N5O3. The van der Waals surface area contributed by atoms with Crippen LogP contribution >= 0.6 is 0 Å². The summed E-state index contributed by atoms with van der Waals surface area (Å²) in [6, 6.07) is 12.1. The maximum Gasteiger partial charge on any atom is 0.255 e. The maximum atomic E-state index is 13.9. The number of likely N-dealkylation sites (N-methyl/N-ethyl adjacent to an activating group) is 1. The molecule has 2 aromatic rings. The van der Waals surface area contributed by atoms with Gasteiger partial charge in [-0.15, -0.1) is 0 Å². The zero-order chi connectivity index (χ0) is 28.5. The van der Waals surface area contributed by atoms with Crippen molar-refractivity contribution in [2.24, 2.45) is 4.99 Å². The van der Waals surface area contributed by atoms with E-state index >= 15 is 0 Å². The van der Waals surface area contributed by atoms with Gasteiger partial charge in [-0.05, 0) is 62.2 Å². The summed E-state index contributed by atoms with van der Waals surface area (Å²) in [6.07, 6.45) is 6.88. The monoisotopic (exact) mass is 545 g/mol. The van der Waals surface area contributed by atoms with E-state index in [1.165, 1.54) is 5.69 Å². The second-order valence-corrected chi connectivity index (χ2v) is 10.1. The highest BCUT2D eigenvalue weighted by Gasteiger charge is 2.36. The molecule has 2 aromatic carbocycles. The molecule has 0 unspecified atom stereocenters. The minimum atomic E-state index is -0.107. The van der Waals surface area contributed by atoms with Crippen LogP contribution in [-0.4, -0.2) is 75.0 Å². The molecule has 40 heavy (non-hydrogen) atoms. The molecule has 8 nitrogen and oxygen atoms in total. The molecule has 1 fully saturated rings. The average Bonchev–Trinajstić information content (AvgIpc) is 3.33. The third-order valence-electron chi connectivity index (χ3n) is 7.83. The summed E-state index contributed by atoms with van der Waals surface area (Å²) in [7, 11) is 3.28. The number of amidine groups is 1. The topological polar surface area (TPSA) is 69.6 Å². The molecule has 1 N–H and O–H groups in total. The van der Waals surface area contributed by atoms with Crippen LogP contribution in [0.4, 0.5) is 5.69 Å². The number of piperazine rings is 1. The van der Waals surface area contributed by atoms with E-state index in [1.54, 1.807) is 32.6 Å². The predicted octanol–water partition coefficient (Wildman–Crippen LogP) is 5.03. The lowest BCUT2D eigenvalue weighted by Crippen LogP contribution is -2.46. The third-order valence-corrected chi connectivity index (χ3v) is 7.83. The quantitative estimate of drug-likeness (QED) is 0.175. The summed E-state index contributed by atoms with van der Waals surface area (Å²) in [4.78, 5) is 25.2. The van der Waals surface area contributed by atoms with Crippen LogP contribution in [0.1, 0.15) is 54.2 Å². The van der Waals surface area contributed by atoms with Gasteiger partial charge in [-0.3, -0.25) is 4.79 Å². The van der Waals surface area contributed by atoms with Crippen LogP contribution in [0.2, 0.25) is 0 Å². The van der Waals surface area contributed by atoms with Gasteiger partial charge in [0.15, 0.2) is 11.5 Å². The van der Waals surface area contributed by atoms with Crippen LogP contribution < -0.4 is 19.7 Å². The van der Waals surface area contributed by atoms with E-state index in [0.717, 1.165) is 74.6 Å². The van der Waals surface area contributed by atoms with Crippen molar-refractivity contribution in [1.82, 2.24) is 15.1 Å². The highest BCUT2D eigenvalue weighted by Crippen LogP contribution is 2.40. The zero-order valence-corrected chi connectivity index (χ0v) is 24.4. The summed E-state index contributed by atoms with van der Waals surface area (Å²) < 4.78 is 11.1. The van der Waals surface area contributed by atoms with E-state index in [0.29, 0.717) is 18.0 Å². The number of anilines is 1. The molecule has 0 aromatic heterocycles. The first kappa shape index (κ1) is 29.2. The van der Waals surface area contributed by atoms with Crippen LogP contribution in [0.15, 0.2) is 66.3 Å². The summed E-state index contributed by atoms with van der Waals surface area (Å²) in [5, 5.41) is 3.37. The number of carbonyl (C=O) groups excluding carboxylic acids is 1. The lowest BCUT2D eigenvalue weighted by atomic mass is 9.99. The number of rotatable bonds is 12. The molecule has 2 aliphatic heterocycles. The molecule has 0 bridgehead atoms. The summed E-state index contributed by atoms with van der Waals surface area (Å²) in [5.41, 5.74) is 4.18. The fraction of sp³-hybridized carbons (Fsp3) is 0.438. The van der Waals surface area contributed by atoms with Crippen molar-refractivity contribution in [3.63, 3.8) is 0 Å². The summed E-state index contributed by atoms with van der Waals surface area (Å²) in [6.45, 7) is 14.3. The maximum absolute atomic E-state index is 13.9. The number of hydrogen-bond donors (Lipinski definition) is 1. The highest BCUT2D eigenvalue weighted by molar-refractivity contribution is 6.00. The van der Waals surface area contributed by atoms with Gasteiger partial charge in [0.05, 0.1) is 26.1 Å². The number of nitrogens with one attached hydrogen (secondary N) is 1. The summed E-state index contributed by atoms with van der Waals surface area (Å²) >= 11 is 0. The Balaban J connectivity index is 1.57. The van der Waals surface area contributed by atoms with E-state index in [9.17, 15) is 4.79 Å². The Bertz CT molecular complexity index is 1230. The molecule has 1 atom stereocenters. The number of nitrogens with zero attached hydrogens (tertiary/aromatic N) is 4. The Kier molecular flexibility index (Phi) is 10.2. The molecule has 4 rings (SSSR count). The lowest BCUT2D eigenvalue weighted by molar-refractivity contribution is 0.0689. The molecular weight excluding hydrogens is 502 g/mol. The van der Waals surface area contributed by atoms with Crippen molar-refractivity contribution >= 4 is 17.4 Å². The molecule has 1 amide bonds.